The average Bonchev–Trinajstić information content (AvgIpc) is 3.67. The molecule has 0 aromatic heterocycles. The van der Waals surface area contributed by atoms with Crippen molar-refractivity contribution in [2.24, 2.45) is 0 Å². The van der Waals surface area contributed by atoms with E-state index in [1.165, 1.54) is 50.1 Å². The average molecular weight is 844 g/mol. The Bertz CT molecular complexity index is 1820. The van der Waals surface area contributed by atoms with E-state index in [0.717, 1.165) is 12.8 Å². The molecule has 0 saturated heterocycles. The van der Waals surface area contributed by atoms with E-state index >= 15 is 0 Å². The Morgan fingerprint density at radius 2 is 1.15 bits per heavy atom. The van der Waals surface area contributed by atoms with Gasteiger partial charge in [-0.3, -0.25) is 0 Å². The largest absolute Gasteiger partial charge is 0.147 e. The first-order chi connectivity index (χ1) is 21.7. The number of fused-ring (bicyclic) bond motifs is 3. The van der Waals surface area contributed by atoms with Gasteiger partial charge in [0.15, 0.2) is 0 Å². The van der Waals surface area contributed by atoms with Crippen LogP contribution in [-0.4, -0.2) is 3.26 Å². The normalized spacial score (nSPS) is 13.5. The zero-order valence-corrected chi connectivity index (χ0v) is 35.8. The predicted octanol–water partition coefficient (Wildman–Crippen LogP) is 12.3. The molecular weight excluding hydrogens is 790 g/mol. The summed E-state index contributed by atoms with van der Waals surface area (Å²) >= 11 is -2.99. The Labute approximate surface area is 311 Å². The fraction of sp³-hybridized carbons (Fsp3) is 0.356. The molecule has 0 amide bonds. The molecule has 0 spiro atoms. The molecule has 0 unspecified atom stereocenters. The number of benzene rings is 4. The van der Waals surface area contributed by atoms with E-state index in [2.05, 4.69) is 166 Å². The van der Waals surface area contributed by atoms with Gasteiger partial charge in [-0.2, -0.15) is 0 Å². The van der Waals surface area contributed by atoms with Crippen LogP contribution in [-0.2, 0) is 38.2 Å². The van der Waals surface area contributed by atoms with Crippen molar-refractivity contribution >= 4 is 31.4 Å². The van der Waals surface area contributed by atoms with Gasteiger partial charge >= 0.3 is 288 Å². The van der Waals surface area contributed by atoms with Crippen LogP contribution in [0.5, 0.6) is 0 Å². The summed E-state index contributed by atoms with van der Waals surface area (Å²) in [6.45, 7) is 23.4. The molecule has 4 aromatic rings. The SMILES string of the molecule is CC(C)c1ccc([C](c2ccc(C(C)C)cc2)=[Hf]([C]2=CC=CC2)[c]2cc(C(C)(C)C)cc3c2Cc2ccc(C(C)(C)C)cc2-3)cc1.Cl.Cl. The maximum absolute atomic E-state index is 2.99. The van der Waals surface area contributed by atoms with E-state index in [0.29, 0.717) is 11.8 Å². The molecule has 0 aliphatic heterocycles. The van der Waals surface area contributed by atoms with Crippen molar-refractivity contribution in [2.45, 2.75) is 105 Å². The monoisotopic (exact) mass is 844 g/mol. The molecule has 252 valence electrons. The van der Waals surface area contributed by atoms with Gasteiger partial charge < -0.3 is 0 Å². The molecule has 0 N–H and O–H groups in total. The molecule has 48 heavy (non-hydrogen) atoms. The van der Waals surface area contributed by atoms with Gasteiger partial charge in [0.05, 0.1) is 0 Å². The molecule has 0 atom stereocenters. The van der Waals surface area contributed by atoms with Crippen molar-refractivity contribution < 1.29 is 21.0 Å². The summed E-state index contributed by atoms with van der Waals surface area (Å²) < 4.78 is 5.01. The van der Waals surface area contributed by atoms with Gasteiger partial charge in [0.2, 0.25) is 0 Å². The van der Waals surface area contributed by atoms with Gasteiger partial charge in [-0.1, -0.05) is 0 Å². The van der Waals surface area contributed by atoms with Crippen LogP contribution < -0.4 is 3.32 Å². The quantitative estimate of drug-likeness (QED) is 0.149. The maximum Gasteiger partial charge on any atom is -0.147 e. The second-order valence-corrected chi connectivity index (χ2v) is 25.0. The Hall–Kier alpha value is -2.32. The molecule has 0 fully saturated rings. The molecule has 3 heteroatoms. The van der Waals surface area contributed by atoms with Crippen LogP contribution in [0.4, 0.5) is 0 Å². The minimum atomic E-state index is -2.99. The third kappa shape index (κ3) is 7.70. The van der Waals surface area contributed by atoms with Crippen LogP contribution in [0.2, 0.25) is 0 Å². The Kier molecular flexibility index (Phi) is 11.9. The number of hydrogen-bond donors (Lipinski definition) is 0. The minimum absolute atomic E-state index is 0. The second kappa shape index (κ2) is 14.9. The van der Waals surface area contributed by atoms with E-state index in [-0.39, 0.29) is 35.6 Å². The number of rotatable bonds is 6. The van der Waals surface area contributed by atoms with Gasteiger partial charge in [0.25, 0.3) is 0 Å². The van der Waals surface area contributed by atoms with E-state index in [9.17, 15) is 0 Å². The number of halogens is 2. The van der Waals surface area contributed by atoms with E-state index in [1.54, 1.807) is 15.5 Å². The minimum Gasteiger partial charge on any atom is -0.147 e. The van der Waals surface area contributed by atoms with E-state index in [1.807, 2.05) is 0 Å². The van der Waals surface area contributed by atoms with Crippen LogP contribution in [0, 0.1) is 0 Å². The third-order valence-corrected chi connectivity index (χ3v) is 21.1. The molecule has 0 nitrogen and oxygen atoms in total. The standard InChI is InChI=1S/C21H25.C19H22.C5H5.2ClH.Hf/c1-20(2,3)16-9-7-14-11-15-8-10-17(21(4,5)6)13-19(15)18(14)12-16;1-14(2)18-9-5-16(6-10-18)13-17-7-11-19(12-8-17)15(3)4;1-2-4-5-3-1;;;/h7,9-10,12-13H,11H2,1-6H3;5-12,14-15H,1-4H3;1-3H,4H2;2*1H;. The summed E-state index contributed by atoms with van der Waals surface area (Å²) in [5.74, 6) is 1.04. The molecule has 2 aliphatic carbocycles. The van der Waals surface area contributed by atoms with Crippen molar-refractivity contribution in [3.8, 4) is 11.1 Å². The molecule has 4 aromatic carbocycles. The Morgan fingerprint density at radius 1 is 0.625 bits per heavy atom. The maximum atomic E-state index is 2.67. The molecular formula is C45H54Cl2Hf. The van der Waals surface area contributed by atoms with Crippen LogP contribution in [0.15, 0.2) is 100 Å². The predicted molar refractivity (Wildman–Crippen MR) is 212 cm³/mol. The Balaban J connectivity index is 0.00000260. The zero-order chi connectivity index (χ0) is 33.0. The first-order valence-corrected chi connectivity index (χ1v) is 22.7. The number of allylic oxidation sites excluding steroid dienone is 4. The fourth-order valence-electron chi connectivity index (χ4n) is 7.02. The first kappa shape index (κ1) is 38.5. The second-order valence-electron chi connectivity index (χ2n) is 16.2. The summed E-state index contributed by atoms with van der Waals surface area (Å²) in [6, 6.07) is 31.8. The topological polar surface area (TPSA) is 0 Å². The molecule has 6 rings (SSSR count). The van der Waals surface area contributed by atoms with Gasteiger partial charge in [0.1, 0.15) is 0 Å². The fourth-order valence-corrected chi connectivity index (χ4v) is 18.7. The molecule has 0 bridgehead atoms. The van der Waals surface area contributed by atoms with Gasteiger partial charge in [-0.25, -0.2) is 0 Å². The van der Waals surface area contributed by atoms with Crippen molar-refractivity contribution in [3.63, 3.8) is 0 Å². The summed E-state index contributed by atoms with van der Waals surface area (Å²) in [4.78, 5) is 0. The summed E-state index contributed by atoms with van der Waals surface area (Å²) in [7, 11) is 0. The molecule has 0 saturated carbocycles. The molecule has 0 radical (unpaired) electrons. The van der Waals surface area contributed by atoms with Crippen LogP contribution in [0.25, 0.3) is 11.1 Å². The van der Waals surface area contributed by atoms with E-state index < -0.39 is 21.0 Å². The summed E-state index contributed by atoms with van der Waals surface area (Å²) in [5.41, 5.74) is 14.8. The van der Waals surface area contributed by atoms with Crippen LogP contribution in [0.1, 0.15) is 132 Å². The number of hydrogen-bond acceptors (Lipinski definition) is 0. The van der Waals surface area contributed by atoms with Crippen LogP contribution >= 0.6 is 24.8 Å². The smallest absolute Gasteiger partial charge is 0.147 e. The first-order valence-electron chi connectivity index (χ1n) is 17.3. The zero-order valence-electron chi connectivity index (χ0n) is 30.6. The van der Waals surface area contributed by atoms with Crippen molar-refractivity contribution in [3.05, 3.63) is 145 Å². The van der Waals surface area contributed by atoms with Gasteiger partial charge in [-0.05, 0) is 0 Å². The molecule has 0 heterocycles. The third-order valence-electron chi connectivity index (χ3n) is 10.1. The van der Waals surface area contributed by atoms with Crippen LogP contribution in [0.3, 0.4) is 0 Å². The van der Waals surface area contributed by atoms with Crippen molar-refractivity contribution in [2.75, 3.05) is 0 Å². The van der Waals surface area contributed by atoms with E-state index in [4.69, 9.17) is 0 Å². The summed E-state index contributed by atoms with van der Waals surface area (Å²) in [5, 5.41) is 0. The van der Waals surface area contributed by atoms with Crippen molar-refractivity contribution in [1.29, 1.82) is 0 Å². The molecule has 2 aliphatic rings. The van der Waals surface area contributed by atoms with Crippen molar-refractivity contribution in [1.82, 2.24) is 0 Å². The van der Waals surface area contributed by atoms with Gasteiger partial charge in [0, 0.05) is 0 Å². The summed E-state index contributed by atoms with van der Waals surface area (Å²) in [6.07, 6.45) is 9.31. The van der Waals surface area contributed by atoms with Gasteiger partial charge in [-0.15, -0.1) is 24.8 Å². The Morgan fingerprint density at radius 3 is 1.60 bits per heavy atom.